The highest BCUT2D eigenvalue weighted by atomic mass is 32.2. The van der Waals surface area contributed by atoms with E-state index in [1.807, 2.05) is 6.92 Å². The van der Waals surface area contributed by atoms with E-state index >= 15 is 0 Å². The van der Waals surface area contributed by atoms with Crippen molar-refractivity contribution in [3.05, 3.63) is 29.8 Å². The molecule has 27 heavy (non-hydrogen) atoms. The Hall–Kier alpha value is -1.97. The molecule has 144 valence electrons. The molecule has 0 spiro atoms. The van der Waals surface area contributed by atoms with Crippen LogP contribution in [-0.2, 0) is 9.53 Å². The van der Waals surface area contributed by atoms with Crippen molar-refractivity contribution in [1.82, 2.24) is 10.2 Å². The number of hydrogen-bond acceptors (Lipinski definition) is 8. The second-order valence-electron chi connectivity index (χ2n) is 6.27. The van der Waals surface area contributed by atoms with Crippen molar-refractivity contribution < 1.29 is 14.3 Å². The van der Waals surface area contributed by atoms with E-state index in [1.54, 1.807) is 24.3 Å². The van der Waals surface area contributed by atoms with Gasteiger partial charge in [0.15, 0.2) is 10.1 Å². The molecule has 2 N–H and O–H groups in total. The minimum atomic E-state index is -0.282. The lowest BCUT2D eigenvalue weighted by molar-refractivity contribution is -0.114. The van der Waals surface area contributed by atoms with Crippen molar-refractivity contribution in [2.24, 2.45) is 0 Å². The van der Waals surface area contributed by atoms with Crippen LogP contribution in [-0.4, -0.2) is 46.4 Å². The van der Waals surface area contributed by atoms with Crippen LogP contribution in [0.2, 0.25) is 0 Å². The molecule has 2 aromatic rings. The Morgan fingerprint density at radius 2 is 2.11 bits per heavy atom. The molecule has 2 atom stereocenters. The molecule has 0 unspecified atom stereocenters. The molecule has 7 nitrogen and oxygen atoms in total. The molecule has 1 fully saturated rings. The van der Waals surface area contributed by atoms with Gasteiger partial charge in [-0.25, -0.2) is 0 Å². The summed E-state index contributed by atoms with van der Waals surface area (Å²) in [6, 6.07) is 6.90. The SMILES string of the molecule is CC(=O)Nc1ccc(C(=O)[C@H](C)Sc2nnc(NC[C@@H]3CCCO3)s2)cc1. The van der Waals surface area contributed by atoms with Gasteiger partial charge in [0.1, 0.15) is 0 Å². The van der Waals surface area contributed by atoms with Gasteiger partial charge in [0.05, 0.1) is 11.4 Å². The predicted molar refractivity (Wildman–Crippen MR) is 108 cm³/mol. The van der Waals surface area contributed by atoms with E-state index in [0.29, 0.717) is 11.3 Å². The van der Waals surface area contributed by atoms with Crippen molar-refractivity contribution in [3.8, 4) is 0 Å². The Balaban J connectivity index is 1.52. The van der Waals surface area contributed by atoms with Crippen LogP contribution in [0.1, 0.15) is 37.0 Å². The quantitative estimate of drug-likeness (QED) is 0.512. The number of hydrogen-bond donors (Lipinski definition) is 2. The highest BCUT2D eigenvalue weighted by molar-refractivity contribution is 8.02. The number of thioether (sulfide) groups is 1. The van der Waals surface area contributed by atoms with E-state index in [0.717, 1.165) is 35.5 Å². The van der Waals surface area contributed by atoms with Crippen molar-refractivity contribution in [1.29, 1.82) is 0 Å². The molecule has 1 amide bonds. The van der Waals surface area contributed by atoms with Crippen LogP contribution < -0.4 is 10.6 Å². The smallest absolute Gasteiger partial charge is 0.221 e. The molecule has 3 rings (SSSR count). The van der Waals surface area contributed by atoms with Gasteiger partial charge in [0.2, 0.25) is 11.0 Å². The Bertz CT molecular complexity index is 788. The molecule has 1 saturated heterocycles. The van der Waals surface area contributed by atoms with Gasteiger partial charge in [-0.15, -0.1) is 10.2 Å². The number of benzene rings is 1. The fourth-order valence-corrected chi connectivity index (χ4v) is 4.68. The van der Waals surface area contributed by atoms with E-state index in [2.05, 4.69) is 20.8 Å². The van der Waals surface area contributed by atoms with Crippen molar-refractivity contribution in [3.63, 3.8) is 0 Å². The molecule has 0 bridgehead atoms. The zero-order valence-electron chi connectivity index (χ0n) is 15.2. The van der Waals surface area contributed by atoms with Gasteiger partial charge in [-0.1, -0.05) is 23.1 Å². The van der Waals surface area contributed by atoms with Crippen molar-refractivity contribution >= 4 is 45.6 Å². The average Bonchev–Trinajstić information content (AvgIpc) is 3.31. The number of carbonyl (C=O) groups excluding carboxylic acids is 2. The summed E-state index contributed by atoms with van der Waals surface area (Å²) in [6.07, 6.45) is 2.42. The largest absolute Gasteiger partial charge is 0.376 e. The first kappa shape index (κ1) is 19.8. The molecule has 1 aliphatic heterocycles. The maximum atomic E-state index is 12.6. The van der Waals surface area contributed by atoms with Gasteiger partial charge in [-0.3, -0.25) is 9.59 Å². The molecule has 1 aromatic heterocycles. The zero-order valence-corrected chi connectivity index (χ0v) is 16.9. The highest BCUT2D eigenvalue weighted by Gasteiger charge is 2.20. The molecular formula is C18H22N4O3S2. The molecule has 2 heterocycles. The summed E-state index contributed by atoms with van der Waals surface area (Å²) in [7, 11) is 0. The predicted octanol–water partition coefficient (Wildman–Crippen LogP) is 3.45. The lowest BCUT2D eigenvalue weighted by atomic mass is 10.1. The number of ketones is 1. The van der Waals surface area contributed by atoms with Gasteiger partial charge < -0.3 is 15.4 Å². The molecule has 1 aliphatic rings. The molecule has 0 aliphatic carbocycles. The van der Waals surface area contributed by atoms with Gasteiger partial charge in [0, 0.05) is 31.3 Å². The first-order chi connectivity index (χ1) is 13.0. The van der Waals surface area contributed by atoms with Crippen LogP contribution >= 0.6 is 23.1 Å². The van der Waals surface area contributed by atoms with E-state index < -0.39 is 0 Å². The third kappa shape index (κ3) is 5.75. The lowest BCUT2D eigenvalue weighted by Gasteiger charge is -2.09. The Morgan fingerprint density at radius 3 is 2.78 bits per heavy atom. The maximum absolute atomic E-state index is 12.6. The lowest BCUT2D eigenvalue weighted by Crippen LogP contribution is -2.18. The van der Waals surface area contributed by atoms with E-state index in [9.17, 15) is 9.59 Å². The van der Waals surface area contributed by atoms with E-state index in [1.165, 1.54) is 30.0 Å². The minimum Gasteiger partial charge on any atom is -0.376 e. The Morgan fingerprint density at radius 1 is 1.33 bits per heavy atom. The summed E-state index contributed by atoms with van der Waals surface area (Å²) in [5.74, 6) is -0.128. The number of nitrogens with one attached hydrogen (secondary N) is 2. The number of carbonyl (C=O) groups is 2. The van der Waals surface area contributed by atoms with Gasteiger partial charge in [-0.05, 0) is 44.0 Å². The van der Waals surface area contributed by atoms with Crippen LogP contribution in [0.25, 0.3) is 0 Å². The topological polar surface area (TPSA) is 93.2 Å². The third-order valence-corrected chi connectivity index (χ3v) is 6.11. The molecule has 0 saturated carbocycles. The summed E-state index contributed by atoms with van der Waals surface area (Å²) in [5.41, 5.74) is 1.27. The summed E-state index contributed by atoms with van der Waals surface area (Å²) < 4.78 is 6.33. The minimum absolute atomic E-state index is 0.0124. The fourth-order valence-electron chi connectivity index (χ4n) is 2.70. The van der Waals surface area contributed by atoms with Gasteiger partial charge in [-0.2, -0.15) is 0 Å². The van der Waals surface area contributed by atoms with Crippen molar-refractivity contribution in [2.75, 3.05) is 23.8 Å². The number of aromatic nitrogens is 2. The Labute approximate surface area is 166 Å². The fraction of sp³-hybridized carbons (Fsp3) is 0.444. The summed E-state index contributed by atoms with van der Waals surface area (Å²) in [5, 5.41) is 14.7. The van der Waals surface area contributed by atoms with E-state index in [4.69, 9.17) is 4.74 Å². The molecule has 9 heteroatoms. The summed E-state index contributed by atoms with van der Waals surface area (Å²) in [4.78, 5) is 23.7. The number of amides is 1. The molecule has 0 radical (unpaired) electrons. The molecular weight excluding hydrogens is 384 g/mol. The van der Waals surface area contributed by atoms with Crippen LogP contribution in [0, 0.1) is 0 Å². The van der Waals surface area contributed by atoms with Crippen LogP contribution in [0.5, 0.6) is 0 Å². The Kier molecular flexibility index (Phi) is 6.81. The number of rotatable bonds is 8. The van der Waals surface area contributed by atoms with Gasteiger partial charge >= 0.3 is 0 Å². The zero-order chi connectivity index (χ0) is 19.2. The highest BCUT2D eigenvalue weighted by Crippen LogP contribution is 2.30. The second kappa shape index (κ2) is 9.29. The third-order valence-electron chi connectivity index (χ3n) is 4.05. The van der Waals surface area contributed by atoms with E-state index in [-0.39, 0.29) is 23.0 Å². The number of Topliss-reactive ketones (excluding diaryl/α,β-unsaturated/α-hetero) is 1. The molecule has 1 aromatic carbocycles. The van der Waals surface area contributed by atoms with Crippen LogP contribution in [0.3, 0.4) is 0 Å². The second-order valence-corrected chi connectivity index (χ2v) is 8.84. The number of nitrogens with zero attached hydrogens (tertiary/aromatic N) is 2. The summed E-state index contributed by atoms with van der Waals surface area (Å²) in [6.45, 7) is 4.86. The maximum Gasteiger partial charge on any atom is 0.221 e. The first-order valence-electron chi connectivity index (χ1n) is 8.79. The number of ether oxygens (including phenoxy) is 1. The van der Waals surface area contributed by atoms with Crippen LogP contribution in [0.15, 0.2) is 28.6 Å². The summed E-state index contributed by atoms with van der Waals surface area (Å²) >= 11 is 2.84. The van der Waals surface area contributed by atoms with Gasteiger partial charge in [0.25, 0.3) is 0 Å². The van der Waals surface area contributed by atoms with Crippen molar-refractivity contribution in [2.45, 2.75) is 42.4 Å². The van der Waals surface area contributed by atoms with Crippen LogP contribution in [0.4, 0.5) is 10.8 Å². The normalized spacial score (nSPS) is 17.5. The average molecular weight is 407 g/mol. The monoisotopic (exact) mass is 406 g/mol. The standard InChI is InChI=1S/C18H22N4O3S2/c1-11(16(24)13-5-7-14(8-6-13)20-12(2)23)26-18-22-21-17(27-18)19-10-15-4-3-9-25-15/h5-8,11,15H,3-4,9-10H2,1-2H3,(H,19,21)(H,20,23)/t11-,15-/m0/s1. The first-order valence-corrected chi connectivity index (χ1v) is 10.5. The number of anilines is 2.